The molecule has 2 aromatic heterocycles. The molecule has 3 rings (SSSR count). The lowest BCUT2D eigenvalue weighted by Crippen LogP contribution is -2.41. The van der Waals surface area contributed by atoms with Crippen molar-refractivity contribution in [2.75, 3.05) is 7.05 Å². The average molecular weight is 396 g/mol. The summed E-state index contributed by atoms with van der Waals surface area (Å²) in [5, 5.41) is 13.3. The van der Waals surface area contributed by atoms with Crippen LogP contribution in [0.1, 0.15) is 12.5 Å². The average Bonchev–Trinajstić information content (AvgIpc) is 3.11. The van der Waals surface area contributed by atoms with E-state index in [-0.39, 0.29) is 0 Å². The highest BCUT2D eigenvalue weighted by Crippen LogP contribution is 2.27. The quantitative estimate of drug-likeness (QED) is 0.620. The van der Waals surface area contributed by atoms with Gasteiger partial charge in [0.25, 0.3) is 0 Å². The number of rotatable bonds is 6. The van der Waals surface area contributed by atoms with E-state index in [4.69, 9.17) is 0 Å². The Balaban J connectivity index is 1.89. The van der Waals surface area contributed by atoms with Gasteiger partial charge < -0.3 is 5.32 Å². The Morgan fingerprint density at radius 3 is 2.61 bits per heavy atom. The van der Waals surface area contributed by atoms with Crippen LogP contribution >= 0.6 is 11.8 Å². The molecule has 144 valence electrons. The van der Waals surface area contributed by atoms with Gasteiger partial charge in [0.05, 0.1) is 11.8 Å². The molecule has 0 aliphatic carbocycles. The number of carbonyl (C=O) groups is 2. The van der Waals surface area contributed by atoms with Gasteiger partial charge in [-0.1, -0.05) is 42.1 Å². The van der Waals surface area contributed by atoms with Crippen LogP contribution in [0.2, 0.25) is 0 Å². The third-order valence-electron chi connectivity index (χ3n) is 3.94. The molecule has 2 heterocycles. The van der Waals surface area contributed by atoms with E-state index in [0.717, 1.165) is 11.1 Å². The van der Waals surface area contributed by atoms with Gasteiger partial charge in [-0.2, -0.15) is 0 Å². The van der Waals surface area contributed by atoms with Crippen LogP contribution in [-0.2, 0) is 11.3 Å². The maximum atomic E-state index is 12.2. The molecule has 3 amide bonds. The highest BCUT2D eigenvalue weighted by atomic mass is 32.2. The molecular weight excluding hydrogens is 376 g/mol. The fourth-order valence-corrected chi connectivity index (χ4v) is 3.33. The van der Waals surface area contributed by atoms with Crippen molar-refractivity contribution >= 4 is 23.7 Å². The van der Waals surface area contributed by atoms with Crippen LogP contribution in [-0.4, -0.2) is 44.0 Å². The lowest BCUT2D eigenvalue weighted by atomic mass is 10.2. The Morgan fingerprint density at radius 1 is 1.14 bits per heavy atom. The number of imide groups is 1. The molecule has 0 spiro atoms. The van der Waals surface area contributed by atoms with E-state index in [0.29, 0.717) is 17.5 Å². The van der Waals surface area contributed by atoms with E-state index in [1.807, 2.05) is 47.0 Å². The number of pyridine rings is 1. The Bertz CT molecular complexity index is 946. The van der Waals surface area contributed by atoms with Crippen molar-refractivity contribution in [2.45, 2.75) is 23.9 Å². The predicted molar refractivity (Wildman–Crippen MR) is 107 cm³/mol. The highest BCUT2D eigenvalue weighted by Gasteiger charge is 2.22. The summed E-state index contributed by atoms with van der Waals surface area (Å²) in [6.45, 7) is 2.26. The number of carbonyl (C=O) groups excluding carboxylic acids is 2. The molecule has 0 aliphatic rings. The van der Waals surface area contributed by atoms with Gasteiger partial charge in [-0.3, -0.25) is 19.7 Å². The Hall–Kier alpha value is -3.20. The van der Waals surface area contributed by atoms with E-state index in [1.165, 1.54) is 18.8 Å². The molecule has 0 saturated heterocycles. The lowest BCUT2D eigenvalue weighted by molar-refractivity contribution is -0.119. The van der Waals surface area contributed by atoms with Gasteiger partial charge in [-0.25, -0.2) is 4.79 Å². The maximum absolute atomic E-state index is 12.2. The smallest absolute Gasteiger partial charge is 0.321 e. The first-order chi connectivity index (χ1) is 13.6. The molecule has 8 nitrogen and oxygen atoms in total. The number of nitrogens with one attached hydrogen (secondary N) is 2. The number of thioether (sulfide) groups is 1. The third-order valence-corrected chi connectivity index (χ3v) is 5.02. The van der Waals surface area contributed by atoms with Gasteiger partial charge in [-0.05, 0) is 24.6 Å². The summed E-state index contributed by atoms with van der Waals surface area (Å²) in [7, 11) is 1.46. The second-order valence-electron chi connectivity index (χ2n) is 5.95. The van der Waals surface area contributed by atoms with Gasteiger partial charge >= 0.3 is 6.03 Å². The van der Waals surface area contributed by atoms with Gasteiger partial charge in [-0.15, -0.1) is 10.2 Å². The van der Waals surface area contributed by atoms with Crippen LogP contribution in [0.5, 0.6) is 0 Å². The molecule has 0 radical (unpaired) electrons. The molecule has 1 atom stereocenters. The molecule has 0 fully saturated rings. The normalized spacial score (nSPS) is 11.6. The molecule has 2 N–H and O–H groups in total. The Labute approximate surface area is 166 Å². The van der Waals surface area contributed by atoms with E-state index < -0.39 is 17.2 Å². The van der Waals surface area contributed by atoms with Gasteiger partial charge in [0, 0.05) is 25.0 Å². The SMILES string of the molecule is CNC(=O)NC(=O)C(C)Sc1nnc(-c2cccnc2)n1Cc1ccccc1. The second-order valence-corrected chi connectivity index (χ2v) is 7.26. The summed E-state index contributed by atoms with van der Waals surface area (Å²) < 4.78 is 1.95. The number of benzene rings is 1. The fraction of sp³-hybridized carbons (Fsp3) is 0.211. The van der Waals surface area contributed by atoms with Gasteiger partial charge in [0.2, 0.25) is 5.91 Å². The first kappa shape index (κ1) is 19.6. The topological polar surface area (TPSA) is 102 Å². The van der Waals surface area contributed by atoms with Crippen LogP contribution in [0.4, 0.5) is 4.79 Å². The molecule has 9 heteroatoms. The fourth-order valence-electron chi connectivity index (χ4n) is 2.48. The minimum absolute atomic E-state index is 0.401. The van der Waals surface area contributed by atoms with Crippen LogP contribution in [0.25, 0.3) is 11.4 Å². The van der Waals surface area contributed by atoms with Crippen LogP contribution < -0.4 is 10.6 Å². The zero-order valence-corrected chi connectivity index (χ0v) is 16.3. The molecular formula is C19H20N6O2S. The largest absolute Gasteiger partial charge is 0.341 e. The maximum Gasteiger partial charge on any atom is 0.321 e. The van der Waals surface area contributed by atoms with Crippen molar-refractivity contribution in [3.05, 3.63) is 60.4 Å². The summed E-state index contributed by atoms with van der Waals surface area (Å²) in [6.07, 6.45) is 3.42. The van der Waals surface area contributed by atoms with Crippen LogP contribution in [0.15, 0.2) is 60.0 Å². The first-order valence-electron chi connectivity index (χ1n) is 8.65. The number of amides is 3. The van der Waals surface area contributed by atoms with Crippen molar-refractivity contribution in [3.63, 3.8) is 0 Å². The lowest BCUT2D eigenvalue weighted by Gasteiger charge is -2.13. The van der Waals surface area contributed by atoms with E-state index >= 15 is 0 Å². The summed E-state index contributed by atoms with van der Waals surface area (Å²) >= 11 is 1.24. The summed E-state index contributed by atoms with van der Waals surface area (Å²) in [5.74, 6) is 0.264. The second kappa shape index (κ2) is 9.14. The zero-order chi connectivity index (χ0) is 19.9. The predicted octanol–water partition coefficient (Wildman–Crippen LogP) is 2.32. The molecule has 28 heavy (non-hydrogen) atoms. The van der Waals surface area contributed by atoms with Crippen molar-refractivity contribution in [1.29, 1.82) is 0 Å². The van der Waals surface area contributed by atoms with E-state index in [2.05, 4.69) is 25.8 Å². The number of hydrogen-bond acceptors (Lipinski definition) is 6. The van der Waals surface area contributed by atoms with Gasteiger partial charge in [0.1, 0.15) is 0 Å². The summed E-state index contributed by atoms with van der Waals surface area (Å²) in [4.78, 5) is 27.7. The number of aromatic nitrogens is 4. The monoisotopic (exact) mass is 396 g/mol. The molecule has 1 aromatic carbocycles. The number of urea groups is 1. The zero-order valence-electron chi connectivity index (χ0n) is 15.5. The first-order valence-corrected chi connectivity index (χ1v) is 9.53. The standard InChI is InChI=1S/C19H20N6O2S/c1-13(17(26)22-18(27)20-2)28-19-24-23-16(15-9-6-10-21-11-15)25(19)12-14-7-4-3-5-8-14/h3-11,13H,12H2,1-2H3,(H2,20,22,26,27). The summed E-state index contributed by atoms with van der Waals surface area (Å²) in [6, 6.07) is 13.1. The van der Waals surface area contributed by atoms with Crippen molar-refractivity contribution < 1.29 is 9.59 Å². The minimum atomic E-state index is -0.542. The Morgan fingerprint density at radius 2 is 1.93 bits per heavy atom. The van der Waals surface area contributed by atoms with E-state index in [1.54, 1.807) is 19.3 Å². The van der Waals surface area contributed by atoms with Crippen LogP contribution in [0, 0.1) is 0 Å². The number of nitrogens with zero attached hydrogens (tertiary/aromatic N) is 4. The Kier molecular flexibility index (Phi) is 6.38. The van der Waals surface area contributed by atoms with Crippen molar-refractivity contribution in [1.82, 2.24) is 30.4 Å². The third kappa shape index (κ3) is 4.74. The van der Waals surface area contributed by atoms with Gasteiger partial charge in [0.15, 0.2) is 11.0 Å². The molecule has 1 unspecified atom stereocenters. The highest BCUT2D eigenvalue weighted by molar-refractivity contribution is 8.00. The summed E-state index contributed by atoms with van der Waals surface area (Å²) in [5.41, 5.74) is 1.91. The van der Waals surface area contributed by atoms with Crippen molar-refractivity contribution in [3.8, 4) is 11.4 Å². The molecule has 0 aliphatic heterocycles. The van der Waals surface area contributed by atoms with Crippen LogP contribution in [0.3, 0.4) is 0 Å². The molecule has 0 saturated carbocycles. The molecule has 0 bridgehead atoms. The minimum Gasteiger partial charge on any atom is -0.341 e. The van der Waals surface area contributed by atoms with Crippen molar-refractivity contribution in [2.24, 2.45) is 0 Å². The van der Waals surface area contributed by atoms with E-state index in [9.17, 15) is 9.59 Å². The number of hydrogen-bond donors (Lipinski definition) is 2. The molecule has 3 aromatic rings.